The van der Waals surface area contributed by atoms with Crippen molar-refractivity contribution in [2.24, 2.45) is 0 Å². The van der Waals surface area contributed by atoms with E-state index in [2.05, 4.69) is 56.9 Å². The van der Waals surface area contributed by atoms with Gasteiger partial charge in [0.1, 0.15) is 17.1 Å². The largest absolute Gasteiger partial charge is 0.497 e. The third-order valence-electron chi connectivity index (χ3n) is 7.44. The number of carboxylic acid groups (broad SMARTS) is 1. The highest BCUT2D eigenvalue weighted by molar-refractivity contribution is 8.00. The first-order valence-electron chi connectivity index (χ1n) is 16.5. The molecular formula is C37H58N2O6S2. The van der Waals surface area contributed by atoms with Crippen molar-refractivity contribution in [3.63, 3.8) is 0 Å². The van der Waals surface area contributed by atoms with E-state index >= 15 is 0 Å². The van der Waals surface area contributed by atoms with Crippen molar-refractivity contribution in [2.45, 2.75) is 101 Å². The Balaban J connectivity index is 2.17. The number of carbonyl (C=O) groups is 2. The fourth-order valence-corrected chi connectivity index (χ4v) is 7.07. The average molecular weight is 691 g/mol. The summed E-state index contributed by atoms with van der Waals surface area (Å²) in [5.41, 5.74) is 1.91. The molecule has 0 aliphatic rings. The first kappa shape index (κ1) is 40.6. The fourth-order valence-electron chi connectivity index (χ4n) is 5.02. The summed E-state index contributed by atoms with van der Waals surface area (Å²) in [6.07, 6.45) is 1.91. The molecule has 1 N–H and O–H groups in total. The highest BCUT2D eigenvalue weighted by Gasteiger charge is 2.29. The summed E-state index contributed by atoms with van der Waals surface area (Å²) in [5, 5.41) is 9.01. The van der Waals surface area contributed by atoms with Crippen LogP contribution in [0.3, 0.4) is 0 Å². The number of amides is 1. The van der Waals surface area contributed by atoms with E-state index in [-0.39, 0.29) is 22.0 Å². The van der Waals surface area contributed by atoms with Gasteiger partial charge < -0.3 is 24.2 Å². The Labute approximate surface area is 292 Å². The number of hydrogen-bond donors (Lipinski definition) is 1. The van der Waals surface area contributed by atoms with Crippen LogP contribution in [-0.2, 0) is 21.0 Å². The molecule has 0 radical (unpaired) electrons. The van der Waals surface area contributed by atoms with Crippen LogP contribution in [0.2, 0.25) is 0 Å². The van der Waals surface area contributed by atoms with E-state index in [1.54, 1.807) is 19.1 Å². The standard InChI is InChI=1S/C37H58N2O6S2/c1-35(2,3)45-34(42)39(22-12-10-11-13-33(40)41)24-23-38(27-36(4,5)46-25-29-14-18-31(43-8)19-15-29)28-37(6,7)47-26-30-16-20-32(44-9)21-17-30/h14-21H,10-13,22-28H2,1-9H3,(H,40,41). The Hall–Kier alpha value is -2.56. The van der Waals surface area contributed by atoms with Gasteiger partial charge >= 0.3 is 12.1 Å². The Morgan fingerprint density at radius 2 is 1.15 bits per heavy atom. The molecule has 1 amide bonds. The van der Waals surface area contributed by atoms with Gasteiger partial charge in [0.25, 0.3) is 0 Å². The molecule has 0 atom stereocenters. The van der Waals surface area contributed by atoms with Crippen LogP contribution in [-0.4, -0.2) is 89.0 Å². The molecular weight excluding hydrogens is 633 g/mol. The number of nitrogens with zero attached hydrogens (tertiary/aromatic N) is 2. The molecule has 0 bridgehead atoms. The molecule has 264 valence electrons. The zero-order chi connectivity index (χ0) is 35.1. The Kier molecular flexibility index (Phi) is 16.8. The summed E-state index contributed by atoms with van der Waals surface area (Å²) < 4.78 is 16.3. The molecule has 2 rings (SSSR count). The summed E-state index contributed by atoms with van der Waals surface area (Å²) in [6.45, 7) is 18.3. The molecule has 47 heavy (non-hydrogen) atoms. The van der Waals surface area contributed by atoms with Crippen molar-refractivity contribution in [3.8, 4) is 11.5 Å². The van der Waals surface area contributed by atoms with Gasteiger partial charge in [0.05, 0.1) is 14.2 Å². The van der Waals surface area contributed by atoms with Crippen molar-refractivity contribution < 1.29 is 28.9 Å². The number of rotatable bonds is 21. The molecule has 8 nitrogen and oxygen atoms in total. The van der Waals surface area contributed by atoms with E-state index in [9.17, 15) is 9.59 Å². The van der Waals surface area contributed by atoms with E-state index < -0.39 is 11.6 Å². The van der Waals surface area contributed by atoms with E-state index in [1.165, 1.54) is 11.1 Å². The molecule has 0 aromatic heterocycles. The summed E-state index contributed by atoms with van der Waals surface area (Å²) >= 11 is 3.86. The third-order valence-corrected chi connectivity index (χ3v) is 10.2. The van der Waals surface area contributed by atoms with Crippen LogP contribution in [0.25, 0.3) is 0 Å². The molecule has 10 heteroatoms. The van der Waals surface area contributed by atoms with Gasteiger partial charge in [-0.25, -0.2) is 4.79 Å². The van der Waals surface area contributed by atoms with Crippen LogP contribution in [0, 0.1) is 0 Å². The molecule has 0 unspecified atom stereocenters. The molecule has 0 saturated carbocycles. The van der Waals surface area contributed by atoms with Crippen molar-refractivity contribution in [1.29, 1.82) is 0 Å². The average Bonchev–Trinajstić information content (AvgIpc) is 2.99. The van der Waals surface area contributed by atoms with E-state index in [0.717, 1.165) is 48.9 Å². The monoisotopic (exact) mass is 690 g/mol. The Morgan fingerprint density at radius 3 is 1.55 bits per heavy atom. The second-order valence-electron chi connectivity index (χ2n) is 14.2. The van der Waals surface area contributed by atoms with Gasteiger partial charge in [0.2, 0.25) is 0 Å². The second-order valence-corrected chi connectivity index (χ2v) is 17.5. The zero-order valence-corrected chi connectivity index (χ0v) is 31.7. The summed E-state index contributed by atoms with van der Waals surface area (Å²) in [6, 6.07) is 16.5. The van der Waals surface area contributed by atoms with E-state index in [1.807, 2.05) is 68.6 Å². The van der Waals surface area contributed by atoms with Crippen LogP contribution < -0.4 is 9.47 Å². The molecule has 0 saturated heterocycles. The highest BCUT2D eigenvalue weighted by atomic mass is 32.2. The number of hydrogen-bond acceptors (Lipinski definition) is 8. The molecule has 0 aliphatic heterocycles. The molecule has 2 aromatic rings. The molecule has 0 heterocycles. The number of benzene rings is 2. The van der Waals surface area contributed by atoms with Gasteiger partial charge in [-0.3, -0.25) is 9.69 Å². The number of aliphatic carboxylic acids is 1. The maximum atomic E-state index is 13.3. The SMILES string of the molecule is COc1ccc(CSC(C)(C)CN(CCN(CCCCCC(=O)O)C(=O)OC(C)(C)C)CC(C)(C)SCc2ccc(OC)cc2)cc1. The first-order chi connectivity index (χ1) is 22.0. The number of thioether (sulfide) groups is 2. The van der Waals surface area contributed by atoms with Gasteiger partial charge in [-0.05, 0) is 96.7 Å². The molecule has 0 spiro atoms. The number of ether oxygens (including phenoxy) is 3. The fraction of sp³-hybridized carbons (Fsp3) is 0.622. The summed E-state index contributed by atoms with van der Waals surface area (Å²) in [5.74, 6) is 2.70. The van der Waals surface area contributed by atoms with Crippen LogP contribution in [0.1, 0.15) is 85.3 Å². The summed E-state index contributed by atoms with van der Waals surface area (Å²) in [7, 11) is 3.36. The van der Waals surface area contributed by atoms with Gasteiger partial charge in [-0.1, -0.05) is 30.7 Å². The van der Waals surface area contributed by atoms with Crippen molar-refractivity contribution in [3.05, 3.63) is 59.7 Å². The maximum Gasteiger partial charge on any atom is 0.410 e. The second kappa shape index (κ2) is 19.4. The van der Waals surface area contributed by atoms with Crippen molar-refractivity contribution >= 4 is 35.6 Å². The minimum absolute atomic E-state index is 0.0514. The van der Waals surface area contributed by atoms with Crippen LogP contribution >= 0.6 is 23.5 Å². The van der Waals surface area contributed by atoms with Gasteiger partial charge in [0, 0.05) is 60.1 Å². The van der Waals surface area contributed by atoms with Crippen molar-refractivity contribution in [2.75, 3.05) is 46.9 Å². The topological polar surface area (TPSA) is 88.5 Å². The highest BCUT2D eigenvalue weighted by Crippen LogP contribution is 2.33. The molecule has 0 aliphatic carbocycles. The Morgan fingerprint density at radius 1 is 0.681 bits per heavy atom. The van der Waals surface area contributed by atoms with Gasteiger partial charge in [-0.2, -0.15) is 0 Å². The lowest BCUT2D eigenvalue weighted by molar-refractivity contribution is -0.137. The minimum atomic E-state index is -0.787. The quantitative estimate of drug-likeness (QED) is 0.129. The van der Waals surface area contributed by atoms with Crippen molar-refractivity contribution in [1.82, 2.24) is 9.80 Å². The van der Waals surface area contributed by atoms with E-state index in [0.29, 0.717) is 26.1 Å². The predicted molar refractivity (Wildman–Crippen MR) is 197 cm³/mol. The lowest BCUT2D eigenvalue weighted by Gasteiger charge is -2.38. The Bertz CT molecular complexity index is 1150. The zero-order valence-electron chi connectivity index (χ0n) is 30.1. The predicted octanol–water partition coefficient (Wildman–Crippen LogP) is 8.61. The smallest absolute Gasteiger partial charge is 0.410 e. The first-order valence-corrected chi connectivity index (χ1v) is 18.4. The molecule has 2 aromatic carbocycles. The van der Waals surface area contributed by atoms with Crippen LogP contribution in [0.15, 0.2) is 48.5 Å². The lowest BCUT2D eigenvalue weighted by atomic mass is 10.1. The minimum Gasteiger partial charge on any atom is -0.497 e. The number of methoxy groups -OCH3 is 2. The normalized spacial score (nSPS) is 12.2. The van der Waals surface area contributed by atoms with Crippen LogP contribution in [0.4, 0.5) is 4.79 Å². The van der Waals surface area contributed by atoms with Gasteiger partial charge in [0.15, 0.2) is 0 Å². The number of carbonyl (C=O) groups excluding carboxylic acids is 1. The lowest BCUT2D eigenvalue weighted by Crippen LogP contribution is -2.48. The summed E-state index contributed by atoms with van der Waals surface area (Å²) in [4.78, 5) is 28.5. The third kappa shape index (κ3) is 17.4. The molecule has 0 fully saturated rings. The number of unbranched alkanes of at least 4 members (excludes halogenated alkanes) is 2. The van der Waals surface area contributed by atoms with Crippen LogP contribution in [0.5, 0.6) is 11.5 Å². The maximum absolute atomic E-state index is 13.3. The van der Waals surface area contributed by atoms with E-state index in [4.69, 9.17) is 19.3 Å². The number of carboxylic acids is 1. The van der Waals surface area contributed by atoms with Gasteiger partial charge in [-0.15, -0.1) is 23.5 Å².